The molecule has 0 radical (unpaired) electrons. The zero-order valence-corrected chi connectivity index (χ0v) is 9.70. The maximum Gasteiger partial charge on any atom is 0.154 e. The monoisotopic (exact) mass is 254 g/mol. The van der Waals surface area contributed by atoms with Crippen molar-refractivity contribution >= 4 is 23.2 Å². The van der Waals surface area contributed by atoms with Gasteiger partial charge in [0.15, 0.2) is 5.82 Å². The minimum Gasteiger partial charge on any atom is -0.388 e. The van der Waals surface area contributed by atoms with Crippen LogP contribution in [0.4, 0.5) is 0 Å². The SMILES string of the molecule is OCc1nccc(-c2ccc(Cl)cc2Cl)n1. The Kier molecular flexibility index (Phi) is 3.39. The van der Waals surface area contributed by atoms with E-state index in [1.54, 1.807) is 30.5 Å². The number of benzene rings is 1. The average molecular weight is 255 g/mol. The van der Waals surface area contributed by atoms with Crippen LogP contribution in [0.5, 0.6) is 0 Å². The highest BCUT2D eigenvalue weighted by Crippen LogP contribution is 2.28. The Hall–Kier alpha value is -1.16. The Balaban J connectivity index is 2.49. The number of nitrogens with zero attached hydrogens (tertiary/aromatic N) is 2. The number of aliphatic hydroxyl groups excluding tert-OH is 1. The third-order valence-electron chi connectivity index (χ3n) is 2.05. The number of hydrogen-bond donors (Lipinski definition) is 1. The Bertz CT molecular complexity index is 517. The summed E-state index contributed by atoms with van der Waals surface area (Å²) in [5.41, 5.74) is 1.43. The Labute approximate surface area is 103 Å². The predicted molar refractivity (Wildman–Crippen MR) is 63.4 cm³/mol. The molecule has 1 aromatic carbocycles. The molecule has 16 heavy (non-hydrogen) atoms. The number of aliphatic hydroxyl groups is 1. The van der Waals surface area contributed by atoms with Crippen LogP contribution < -0.4 is 0 Å². The van der Waals surface area contributed by atoms with Crippen LogP contribution in [0.25, 0.3) is 11.3 Å². The Morgan fingerprint density at radius 2 is 2.00 bits per heavy atom. The fourth-order valence-electron chi connectivity index (χ4n) is 1.32. The van der Waals surface area contributed by atoms with E-state index >= 15 is 0 Å². The van der Waals surface area contributed by atoms with Gasteiger partial charge >= 0.3 is 0 Å². The molecule has 0 aliphatic rings. The number of hydrogen-bond acceptors (Lipinski definition) is 3. The van der Waals surface area contributed by atoms with Crippen LogP contribution >= 0.6 is 23.2 Å². The van der Waals surface area contributed by atoms with Crippen molar-refractivity contribution in [2.24, 2.45) is 0 Å². The van der Waals surface area contributed by atoms with Gasteiger partial charge in [0.25, 0.3) is 0 Å². The van der Waals surface area contributed by atoms with Crippen molar-refractivity contribution in [3.63, 3.8) is 0 Å². The maximum atomic E-state index is 8.94. The Morgan fingerprint density at radius 1 is 1.19 bits per heavy atom. The zero-order chi connectivity index (χ0) is 11.5. The first-order valence-electron chi connectivity index (χ1n) is 4.59. The molecule has 0 spiro atoms. The van der Waals surface area contributed by atoms with E-state index in [9.17, 15) is 0 Å². The van der Waals surface area contributed by atoms with Gasteiger partial charge in [-0.15, -0.1) is 0 Å². The van der Waals surface area contributed by atoms with E-state index in [1.165, 1.54) is 0 Å². The lowest BCUT2D eigenvalue weighted by Crippen LogP contribution is -1.95. The molecule has 1 aromatic heterocycles. The van der Waals surface area contributed by atoms with Crippen molar-refractivity contribution in [1.29, 1.82) is 0 Å². The van der Waals surface area contributed by atoms with Crippen LogP contribution in [-0.2, 0) is 6.61 Å². The number of halogens is 2. The molecule has 1 N–H and O–H groups in total. The topological polar surface area (TPSA) is 46.0 Å². The van der Waals surface area contributed by atoms with Gasteiger partial charge < -0.3 is 5.11 Å². The standard InChI is InChI=1S/C11H8Cl2N2O/c12-7-1-2-8(9(13)5-7)10-3-4-14-11(6-16)15-10/h1-5,16H,6H2. The van der Waals surface area contributed by atoms with Crippen LogP contribution in [0.1, 0.15) is 5.82 Å². The molecule has 0 aliphatic heterocycles. The molecule has 0 saturated carbocycles. The van der Waals surface area contributed by atoms with Crippen molar-refractivity contribution < 1.29 is 5.11 Å². The summed E-state index contributed by atoms with van der Waals surface area (Å²) in [6.45, 7) is -0.195. The average Bonchev–Trinajstić information content (AvgIpc) is 2.29. The first-order chi connectivity index (χ1) is 7.70. The van der Waals surface area contributed by atoms with Gasteiger partial charge in [0, 0.05) is 16.8 Å². The molecular formula is C11H8Cl2N2O. The van der Waals surface area contributed by atoms with Gasteiger partial charge in [0.1, 0.15) is 6.61 Å². The fourth-order valence-corrected chi connectivity index (χ4v) is 1.83. The highest BCUT2D eigenvalue weighted by atomic mass is 35.5. The third-order valence-corrected chi connectivity index (χ3v) is 2.60. The summed E-state index contributed by atoms with van der Waals surface area (Å²) in [4.78, 5) is 8.06. The molecule has 2 rings (SSSR count). The zero-order valence-electron chi connectivity index (χ0n) is 8.19. The summed E-state index contributed by atoms with van der Waals surface area (Å²) >= 11 is 11.9. The normalized spacial score (nSPS) is 10.4. The molecule has 2 aromatic rings. The van der Waals surface area contributed by atoms with E-state index in [0.29, 0.717) is 21.6 Å². The van der Waals surface area contributed by atoms with E-state index in [0.717, 1.165) is 5.56 Å². The van der Waals surface area contributed by atoms with Gasteiger partial charge in [-0.05, 0) is 24.3 Å². The molecule has 0 atom stereocenters. The summed E-state index contributed by atoms with van der Waals surface area (Å²) in [6, 6.07) is 6.91. The first kappa shape index (κ1) is 11.3. The smallest absolute Gasteiger partial charge is 0.154 e. The predicted octanol–water partition coefficient (Wildman–Crippen LogP) is 2.94. The second-order valence-electron chi connectivity index (χ2n) is 3.14. The molecule has 1 heterocycles. The van der Waals surface area contributed by atoms with Crippen molar-refractivity contribution in [1.82, 2.24) is 9.97 Å². The molecule has 0 aliphatic carbocycles. The molecule has 82 valence electrons. The maximum absolute atomic E-state index is 8.94. The van der Waals surface area contributed by atoms with E-state index < -0.39 is 0 Å². The minimum absolute atomic E-state index is 0.195. The molecule has 0 bridgehead atoms. The summed E-state index contributed by atoms with van der Waals surface area (Å²) in [5.74, 6) is 0.364. The lowest BCUT2D eigenvalue weighted by atomic mass is 10.1. The first-order valence-corrected chi connectivity index (χ1v) is 5.34. The van der Waals surface area contributed by atoms with Crippen molar-refractivity contribution in [3.8, 4) is 11.3 Å². The van der Waals surface area contributed by atoms with Crippen LogP contribution in [0.2, 0.25) is 10.0 Å². The second kappa shape index (κ2) is 4.78. The van der Waals surface area contributed by atoms with Crippen LogP contribution in [0.3, 0.4) is 0 Å². The van der Waals surface area contributed by atoms with Gasteiger partial charge in [-0.1, -0.05) is 23.2 Å². The molecule has 0 amide bonds. The van der Waals surface area contributed by atoms with Crippen LogP contribution in [0.15, 0.2) is 30.5 Å². The van der Waals surface area contributed by atoms with Crippen LogP contribution in [0, 0.1) is 0 Å². The number of aromatic nitrogens is 2. The summed E-state index contributed by atoms with van der Waals surface area (Å²) < 4.78 is 0. The Morgan fingerprint density at radius 3 is 2.69 bits per heavy atom. The molecule has 0 unspecified atom stereocenters. The quantitative estimate of drug-likeness (QED) is 0.897. The molecule has 0 fully saturated rings. The van der Waals surface area contributed by atoms with Crippen molar-refractivity contribution in [3.05, 3.63) is 46.3 Å². The lowest BCUT2D eigenvalue weighted by molar-refractivity contribution is 0.271. The lowest BCUT2D eigenvalue weighted by Gasteiger charge is -2.04. The summed E-state index contributed by atoms with van der Waals surface area (Å²) in [5, 5.41) is 10.0. The van der Waals surface area contributed by atoms with Crippen molar-refractivity contribution in [2.75, 3.05) is 0 Å². The molecule has 5 heteroatoms. The fraction of sp³-hybridized carbons (Fsp3) is 0.0909. The van der Waals surface area contributed by atoms with E-state index in [2.05, 4.69) is 9.97 Å². The second-order valence-corrected chi connectivity index (χ2v) is 3.98. The summed E-state index contributed by atoms with van der Waals surface area (Å²) in [7, 11) is 0. The van der Waals surface area contributed by atoms with Crippen LogP contribution in [-0.4, -0.2) is 15.1 Å². The molecular weight excluding hydrogens is 247 g/mol. The van der Waals surface area contributed by atoms with Gasteiger partial charge in [-0.3, -0.25) is 0 Å². The van der Waals surface area contributed by atoms with Gasteiger partial charge in [0.2, 0.25) is 0 Å². The van der Waals surface area contributed by atoms with Gasteiger partial charge in [0.05, 0.1) is 10.7 Å². The van der Waals surface area contributed by atoms with E-state index in [4.69, 9.17) is 28.3 Å². The van der Waals surface area contributed by atoms with Crippen molar-refractivity contribution in [2.45, 2.75) is 6.61 Å². The van der Waals surface area contributed by atoms with Gasteiger partial charge in [-0.2, -0.15) is 0 Å². The highest BCUT2D eigenvalue weighted by molar-refractivity contribution is 6.36. The summed E-state index contributed by atoms with van der Waals surface area (Å²) in [6.07, 6.45) is 1.58. The van der Waals surface area contributed by atoms with E-state index in [1.807, 2.05) is 0 Å². The largest absolute Gasteiger partial charge is 0.388 e. The van der Waals surface area contributed by atoms with E-state index in [-0.39, 0.29) is 6.61 Å². The highest BCUT2D eigenvalue weighted by Gasteiger charge is 2.06. The molecule has 0 saturated heterocycles. The minimum atomic E-state index is -0.195. The third kappa shape index (κ3) is 2.32. The molecule has 3 nitrogen and oxygen atoms in total. The number of rotatable bonds is 2. The van der Waals surface area contributed by atoms with Gasteiger partial charge in [-0.25, -0.2) is 9.97 Å².